The predicted octanol–water partition coefficient (Wildman–Crippen LogP) is 1.36. The Morgan fingerprint density at radius 3 is 3.00 bits per heavy atom. The zero-order valence-electron chi connectivity index (χ0n) is 8.01. The topological polar surface area (TPSA) is 21.3 Å². The molecule has 12 heavy (non-hydrogen) atoms. The van der Waals surface area contributed by atoms with Crippen LogP contribution in [0.4, 0.5) is 0 Å². The van der Waals surface area contributed by atoms with Gasteiger partial charge in [0.2, 0.25) is 0 Å². The number of thioether (sulfide) groups is 1. The fourth-order valence-corrected chi connectivity index (χ4v) is 3.22. The van der Waals surface area contributed by atoms with Crippen molar-refractivity contribution >= 4 is 11.8 Å². The number of hydrogen-bond donors (Lipinski definition) is 1. The highest BCUT2D eigenvalue weighted by atomic mass is 32.2. The summed E-state index contributed by atoms with van der Waals surface area (Å²) in [5.41, 5.74) is 0. The third-order valence-electron chi connectivity index (χ3n) is 2.49. The van der Waals surface area contributed by atoms with E-state index in [0.29, 0.717) is 0 Å². The number of rotatable bonds is 5. The Labute approximate surface area is 79.4 Å². The fraction of sp³-hybridized carbons (Fsp3) is 1.00. The fourth-order valence-electron chi connectivity index (χ4n) is 1.69. The van der Waals surface area contributed by atoms with Gasteiger partial charge in [-0.3, -0.25) is 0 Å². The van der Waals surface area contributed by atoms with Crippen LogP contribution in [-0.2, 0) is 4.74 Å². The van der Waals surface area contributed by atoms with Gasteiger partial charge in [-0.15, -0.1) is 0 Å². The number of methoxy groups -OCH3 is 1. The zero-order valence-corrected chi connectivity index (χ0v) is 8.82. The number of nitrogens with one attached hydrogen (secondary N) is 1. The highest BCUT2D eigenvalue weighted by Crippen LogP contribution is 2.27. The van der Waals surface area contributed by atoms with Gasteiger partial charge in [-0.05, 0) is 31.6 Å². The van der Waals surface area contributed by atoms with Gasteiger partial charge in [-0.1, -0.05) is 0 Å². The van der Waals surface area contributed by atoms with Crippen LogP contribution in [0.5, 0.6) is 0 Å². The van der Waals surface area contributed by atoms with Crippen LogP contribution in [0.15, 0.2) is 0 Å². The Morgan fingerprint density at radius 1 is 1.50 bits per heavy atom. The van der Waals surface area contributed by atoms with E-state index in [-0.39, 0.29) is 0 Å². The lowest BCUT2D eigenvalue weighted by atomic mass is 9.98. The highest BCUT2D eigenvalue weighted by molar-refractivity contribution is 7.99. The molecule has 3 heteroatoms. The molecule has 1 aliphatic rings. The molecule has 72 valence electrons. The summed E-state index contributed by atoms with van der Waals surface area (Å²) >= 11 is 2.07. The van der Waals surface area contributed by atoms with E-state index in [4.69, 9.17) is 4.74 Å². The highest BCUT2D eigenvalue weighted by Gasteiger charge is 2.25. The zero-order chi connectivity index (χ0) is 8.81. The van der Waals surface area contributed by atoms with Crippen LogP contribution in [0, 0.1) is 5.92 Å². The lowest BCUT2D eigenvalue weighted by Gasteiger charge is -2.17. The first kappa shape index (κ1) is 10.4. The van der Waals surface area contributed by atoms with Gasteiger partial charge in [0.05, 0.1) is 0 Å². The van der Waals surface area contributed by atoms with Crippen LogP contribution in [0.25, 0.3) is 0 Å². The molecule has 0 aromatic carbocycles. The van der Waals surface area contributed by atoms with Gasteiger partial charge in [-0.2, -0.15) is 11.8 Å². The minimum Gasteiger partial charge on any atom is -0.385 e. The Kier molecular flexibility index (Phi) is 5.04. The molecular weight excluding hydrogens is 170 g/mol. The molecule has 1 saturated heterocycles. The summed E-state index contributed by atoms with van der Waals surface area (Å²) in [5.74, 6) is 3.48. The SMILES string of the molecule is CNC1CSCC1CCCOC. The van der Waals surface area contributed by atoms with Crippen molar-refractivity contribution in [2.24, 2.45) is 5.92 Å². The lowest BCUT2D eigenvalue weighted by Crippen LogP contribution is -2.32. The van der Waals surface area contributed by atoms with E-state index < -0.39 is 0 Å². The second kappa shape index (κ2) is 5.84. The van der Waals surface area contributed by atoms with E-state index >= 15 is 0 Å². The predicted molar refractivity (Wildman–Crippen MR) is 54.8 cm³/mol. The molecule has 0 saturated carbocycles. The summed E-state index contributed by atoms with van der Waals surface area (Å²) in [6.45, 7) is 0.914. The van der Waals surface area contributed by atoms with Crippen molar-refractivity contribution in [2.45, 2.75) is 18.9 Å². The van der Waals surface area contributed by atoms with Crippen molar-refractivity contribution in [3.8, 4) is 0 Å². The summed E-state index contributed by atoms with van der Waals surface area (Å²) in [6.07, 6.45) is 2.52. The van der Waals surface area contributed by atoms with Crippen LogP contribution in [0.2, 0.25) is 0 Å². The second-order valence-electron chi connectivity index (χ2n) is 3.33. The molecule has 0 aromatic heterocycles. The van der Waals surface area contributed by atoms with Crippen LogP contribution in [-0.4, -0.2) is 38.3 Å². The molecule has 1 heterocycles. The summed E-state index contributed by atoms with van der Waals surface area (Å²) in [4.78, 5) is 0. The third-order valence-corrected chi connectivity index (χ3v) is 3.75. The molecule has 0 spiro atoms. The van der Waals surface area contributed by atoms with Crippen molar-refractivity contribution in [3.05, 3.63) is 0 Å². The van der Waals surface area contributed by atoms with Crippen molar-refractivity contribution < 1.29 is 4.74 Å². The molecular formula is C9H19NOS. The van der Waals surface area contributed by atoms with Crippen molar-refractivity contribution in [2.75, 3.05) is 32.3 Å². The Hall–Kier alpha value is 0.270. The minimum atomic E-state index is 0.742. The van der Waals surface area contributed by atoms with E-state index in [9.17, 15) is 0 Å². The summed E-state index contributed by atoms with van der Waals surface area (Å²) < 4.78 is 5.04. The maximum atomic E-state index is 5.04. The van der Waals surface area contributed by atoms with Gasteiger partial charge in [0, 0.05) is 25.5 Å². The van der Waals surface area contributed by atoms with E-state index in [1.54, 1.807) is 7.11 Å². The molecule has 1 N–H and O–H groups in total. The Bertz CT molecular complexity index is 121. The van der Waals surface area contributed by atoms with Crippen molar-refractivity contribution in [1.29, 1.82) is 0 Å². The molecule has 0 radical (unpaired) electrons. The molecule has 1 fully saturated rings. The largest absolute Gasteiger partial charge is 0.385 e. The van der Waals surface area contributed by atoms with Crippen LogP contribution >= 0.6 is 11.8 Å². The number of ether oxygens (including phenoxy) is 1. The van der Waals surface area contributed by atoms with Gasteiger partial charge < -0.3 is 10.1 Å². The molecule has 1 rings (SSSR count). The first-order chi connectivity index (χ1) is 5.88. The van der Waals surface area contributed by atoms with Crippen LogP contribution in [0.3, 0.4) is 0 Å². The molecule has 0 amide bonds. The molecule has 0 aromatic rings. The van der Waals surface area contributed by atoms with Gasteiger partial charge >= 0.3 is 0 Å². The summed E-state index contributed by atoms with van der Waals surface area (Å²) in [7, 11) is 3.85. The molecule has 1 aliphatic heterocycles. The maximum absolute atomic E-state index is 5.04. The average Bonchev–Trinajstić information content (AvgIpc) is 2.52. The minimum absolute atomic E-state index is 0.742. The second-order valence-corrected chi connectivity index (χ2v) is 4.40. The van der Waals surface area contributed by atoms with Gasteiger partial charge in [-0.25, -0.2) is 0 Å². The molecule has 0 aliphatic carbocycles. The standard InChI is InChI=1S/C9H19NOS/c1-10-9-7-12-6-8(9)4-3-5-11-2/h8-10H,3-7H2,1-2H3. The third kappa shape index (κ3) is 2.96. The molecule has 2 nitrogen and oxygen atoms in total. The lowest BCUT2D eigenvalue weighted by molar-refractivity contribution is 0.186. The van der Waals surface area contributed by atoms with Gasteiger partial charge in [0.15, 0.2) is 0 Å². The van der Waals surface area contributed by atoms with Gasteiger partial charge in [0.25, 0.3) is 0 Å². The van der Waals surface area contributed by atoms with E-state index in [1.807, 2.05) is 0 Å². The van der Waals surface area contributed by atoms with Crippen LogP contribution in [0.1, 0.15) is 12.8 Å². The summed E-state index contributed by atoms with van der Waals surface area (Å²) in [6, 6.07) is 0.742. The molecule has 0 bridgehead atoms. The Balaban J connectivity index is 2.12. The monoisotopic (exact) mass is 189 g/mol. The smallest absolute Gasteiger partial charge is 0.0462 e. The van der Waals surface area contributed by atoms with Crippen molar-refractivity contribution in [3.63, 3.8) is 0 Å². The first-order valence-corrected chi connectivity index (χ1v) is 5.78. The molecule has 2 unspecified atom stereocenters. The summed E-state index contributed by atoms with van der Waals surface area (Å²) in [5, 5.41) is 3.38. The van der Waals surface area contributed by atoms with E-state index in [2.05, 4.69) is 24.1 Å². The molecule has 2 atom stereocenters. The van der Waals surface area contributed by atoms with Gasteiger partial charge in [0.1, 0.15) is 0 Å². The maximum Gasteiger partial charge on any atom is 0.0462 e. The van der Waals surface area contributed by atoms with Crippen LogP contribution < -0.4 is 5.32 Å². The quantitative estimate of drug-likeness (QED) is 0.660. The van der Waals surface area contributed by atoms with E-state index in [1.165, 1.54) is 24.3 Å². The number of hydrogen-bond acceptors (Lipinski definition) is 3. The first-order valence-electron chi connectivity index (χ1n) is 4.62. The van der Waals surface area contributed by atoms with E-state index in [0.717, 1.165) is 18.6 Å². The average molecular weight is 189 g/mol. The van der Waals surface area contributed by atoms with Crippen molar-refractivity contribution in [1.82, 2.24) is 5.32 Å². The normalized spacial score (nSPS) is 29.5. The Morgan fingerprint density at radius 2 is 2.33 bits per heavy atom.